The van der Waals surface area contributed by atoms with E-state index in [0.717, 1.165) is 5.56 Å². The number of aromatic nitrogens is 5. The molecule has 2 aromatic carbocycles. The molecule has 0 saturated heterocycles. The molecule has 0 atom stereocenters. The maximum absolute atomic E-state index is 12.8. The Hall–Kier alpha value is -4.78. The second-order valence-corrected chi connectivity index (χ2v) is 7.22. The zero-order chi connectivity index (χ0) is 24.1. The quantitative estimate of drug-likeness (QED) is 0.213. The van der Waals surface area contributed by atoms with Crippen LogP contribution in [0.3, 0.4) is 0 Å². The number of halogens is 1. The number of rotatable bonds is 8. The third-order valence-corrected chi connectivity index (χ3v) is 4.81. The highest BCUT2D eigenvalue weighted by atomic mass is 35.5. The van der Waals surface area contributed by atoms with Gasteiger partial charge in [0.1, 0.15) is 0 Å². The summed E-state index contributed by atoms with van der Waals surface area (Å²) in [5.74, 6) is -1.28. The summed E-state index contributed by atoms with van der Waals surface area (Å²) in [6, 6.07) is 13.5. The number of hydrazone groups is 1. The first-order valence-corrected chi connectivity index (χ1v) is 10.1. The maximum atomic E-state index is 12.8. The van der Waals surface area contributed by atoms with Gasteiger partial charge >= 0.3 is 0 Å². The van der Waals surface area contributed by atoms with Gasteiger partial charge in [-0.15, -0.1) is 5.10 Å². The van der Waals surface area contributed by atoms with E-state index in [2.05, 4.69) is 41.1 Å². The van der Waals surface area contributed by atoms with E-state index in [1.54, 1.807) is 48.5 Å². The third-order valence-electron chi connectivity index (χ3n) is 4.56. The number of benzene rings is 2. The fourth-order valence-electron chi connectivity index (χ4n) is 2.94. The lowest BCUT2D eigenvalue weighted by Gasteiger charge is -2.11. The molecular formula is C20H17ClN10O3. The van der Waals surface area contributed by atoms with Crippen molar-refractivity contribution in [1.29, 1.82) is 0 Å². The van der Waals surface area contributed by atoms with Gasteiger partial charge in [-0.1, -0.05) is 41.1 Å². The van der Waals surface area contributed by atoms with Crippen LogP contribution in [-0.2, 0) is 6.54 Å². The molecule has 14 heteroatoms. The Labute approximate surface area is 196 Å². The summed E-state index contributed by atoms with van der Waals surface area (Å²) in [6.07, 6.45) is 1.44. The summed E-state index contributed by atoms with van der Waals surface area (Å²) < 4.78 is 5.83. The van der Waals surface area contributed by atoms with Crippen molar-refractivity contribution in [1.82, 2.24) is 30.7 Å². The van der Waals surface area contributed by atoms with Crippen LogP contribution in [0, 0.1) is 0 Å². The summed E-state index contributed by atoms with van der Waals surface area (Å²) in [5, 5.41) is 22.7. The third kappa shape index (κ3) is 4.83. The van der Waals surface area contributed by atoms with Crippen LogP contribution < -0.4 is 22.2 Å². The predicted molar refractivity (Wildman–Crippen MR) is 122 cm³/mol. The predicted octanol–water partition coefficient (Wildman–Crippen LogP) is 1.36. The Morgan fingerprint density at radius 2 is 1.91 bits per heavy atom. The monoisotopic (exact) mass is 480 g/mol. The van der Waals surface area contributed by atoms with Gasteiger partial charge < -0.3 is 16.8 Å². The van der Waals surface area contributed by atoms with Crippen molar-refractivity contribution in [2.24, 2.45) is 10.8 Å². The number of nitrogens with two attached hydrogens (primary N) is 2. The number of nitrogens with one attached hydrogen (secondary N) is 2. The number of hydrogen-bond acceptors (Lipinski definition) is 10. The van der Waals surface area contributed by atoms with Crippen LogP contribution in [0.2, 0.25) is 5.02 Å². The molecule has 0 spiro atoms. The van der Waals surface area contributed by atoms with Crippen LogP contribution >= 0.6 is 11.6 Å². The van der Waals surface area contributed by atoms with E-state index in [9.17, 15) is 9.59 Å². The van der Waals surface area contributed by atoms with Crippen molar-refractivity contribution < 1.29 is 14.2 Å². The van der Waals surface area contributed by atoms with Gasteiger partial charge in [-0.2, -0.15) is 9.78 Å². The lowest BCUT2D eigenvalue weighted by Crippen LogP contribution is -2.22. The molecule has 0 bridgehead atoms. The number of carbonyl (C=O) groups is 2. The Morgan fingerprint density at radius 1 is 1.15 bits per heavy atom. The second-order valence-electron chi connectivity index (χ2n) is 6.78. The molecule has 2 aromatic heterocycles. The molecule has 6 N–H and O–H groups in total. The molecule has 0 aliphatic rings. The average Bonchev–Trinajstić information content (AvgIpc) is 3.44. The van der Waals surface area contributed by atoms with E-state index in [0.29, 0.717) is 10.7 Å². The molecule has 2 heterocycles. The number of para-hydroxylation sites is 1. The molecule has 0 radical (unpaired) electrons. The minimum atomic E-state index is -0.647. The Morgan fingerprint density at radius 3 is 2.62 bits per heavy atom. The van der Waals surface area contributed by atoms with Crippen molar-refractivity contribution in [2.75, 3.05) is 11.1 Å². The zero-order valence-corrected chi connectivity index (χ0v) is 18.1. The van der Waals surface area contributed by atoms with Crippen LogP contribution in [0.4, 0.5) is 11.5 Å². The SMILES string of the molecule is NC(=O)c1ccccc1NCc1c(C(=O)NN=Cc2ccc(Cl)cc2)nnn1-c1nonc1N. The van der Waals surface area contributed by atoms with E-state index in [1.165, 1.54) is 10.9 Å². The first-order valence-electron chi connectivity index (χ1n) is 9.68. The van der Waals surface area contributed by atoms with Crippen molar-refractivity contribution in [3.63, 3.8) is 0 Å². The largest absolute Gasteiger partial charge is 0.379 e. The Balaban J connectivity index is 1.60. The molecule has 13 nitrogen and oxygen atoms in total. The fourth-order valence-corrected chi connectivity index (χ4v) is 3.07. The molecule has 2 amide bonds. The van der Waals surface area contributed by atoms with Gasteiger partial charge in [-0.05, 0) is 40.1 Å². The van der Waals surface area contributed by atoms with Gasteiger partial charge in [-0.3, -0.25) is 9.59 Å². The zero-order valence-electron chi connectivity index (χ0n) is 17.3. The van der Waals surface area contributed by atoms with E-state index in [-0.39, 0.29) is 35.1 Å². The minimum Gasteiger partial charge on any atom is -0.379 e. The van der Waals surface area contributed by atoms with Gasteiger partial charge in [0, 0.05) is 10.7 Å². The smallest absolute Gasteiger partial charge is 0.293 e. The number of nitrogen functional groups attached to an aromatic ring is 1. The average molecular weight is 481 g/mol. The molecule has 0 fully saturated rings. The van der Waals surface area contributed by atoms with Crippen LogP contribution in [-0.4, -0.2) is 43.3 Å². The fraction of sp³-hybridized carbons (Fsp3) is 0.0500. The van der Waals surface area contributed by atoms with Crippen LogP contribution in [0.15, 0.2) is 58.3 Å². The van der Waals surface area contributed by atoms with Crippen molar-refractivity contribution in [3.05, 3.63) is 76.1 Å². The lowest BCUT2D eigenvalue weighted by atomic mass is 10.1. The number of anilines is 2. The van der Waals surface area contributed by atoms with Gasteiger partial charge in [0.05, 0.1) is 24.0 Å². The molecule has 4 aromatic rings. The van der Waals surface area contributed by atoms with Crippen LogP contribution in [0.5, 0.6) is 0 Å². The number of carbonyl (C=O) groups excluding carboxylic acids is 2. The van der Waals surface area contributed by atoms with Crippen molar-refractivity contribution >= 4 is 41.1 Å². The van der Waals surface area contributed by atoms with E-state index < -0.39 is 11.8 Å². The normalized spacial score (nSPS) is 11.0. The van der Waals surface area contributed by atoms with Crippen LogP contribution in [0.1, 0.15) is 32.1 Å². The topological polar surface area (TPSA) is 192 Å². The van der Waals surface area contributed by atoms with Crippen LogP contribution in [0.25, 0.3) is 5.82 Å². The number of primary amides is 1. The van der Waals surface area contributed by atoms with Gasteiger partial charge in [0.2, 0.25) is 11.6 Å². The number of hydrogen-bond donors (Lipinski definition) is 4. The molecule has 0 unspecified atom stereocenters. The Bertz CT molecular complexity index is 1360. The van der Waals surface area contributed by atoms with E-state index in [4.69, 9.17) is 23.1 Å². The van der Waals surface area contributed by atoms with Gasteiger partial charge in [0.15, 0.2) is 5.69 Å². The molecule has 0 saturated carbocycles. The standard InChI is InChI=1S/C20H17ClN10O3/c21-12-7-5-11(6-8-12)9-25-27-20(33)16-15(31(30-26-16)19-17(22)28-34-29-19)10-24-14-4-2-1-3-13(14)18(23)32/h1-9,24H,10H2,(H2,22,28)(H2,23,32)(H,27,33). The summed E-state index contributed by atoms with van der Waals surface area (Å²) in [7, 11) is 0. The van der Waals surface area contributed by atoms with E-state index in [1.807, 2.05) is 0 Å². The minimum absolute atomic E-state index is 0.00670. The molecule has 4 rings (SSSR count). The summed E-state index contributed by atoms with van der Waals surface area (Å²) in [5.41, 5.74) is 15.2. The molecule has 0 aliphatic carbocycles. The van der Waals surface area contributed by atoms with Crippen molar-refractivity contribution in [2.45, 2.75) is 6.54 Å². The van der Waals surface area contributed by atoms with E-state index >= 15 is 0 Å². The highest BCUT2D eigenvalue weighted by Gasteiger charge is 2.24. The maximum Gasteiger partial charge on any atom is 0.293 e. The summed E-state index contributed by atoms with van der Waals surface area (Å²) in [6.45, 7) is -0.00670. The first-order chi connectivity index (χ1) is 16.4. The highest BCUT2D eigenvalue weighted by molar-refractivity contribution is 6.30. The molecule has 34 heavy (non-hydrogen) atoms. The highest BCUT2D eigenvalue weighted by Crippen LogP contribution is 2.19. The number of amides is 2. The lowest BCUT2D eigenvalue weighted by molar-refractivity contribution is 0.0947. The number of nitrogens with zero attached hydrogens (tertiary/aromatic N) is 6. The second kappa shape index (κ2) is 9.79. The van der Waals surface area contributed by atoms with Crippen molar-refractivity contribution in [3.8, 4) is 5.82 Å². The Kier molecular flexibility index (Phi) is 6.45. The molecule has 172 valence electrons. The first kappa shape index (κ1) is 22.4. The van der Waals surface area contributed by atoms with Gasteiger partial charge in [0.25, 0.3) is 11.8 Å². The molecule has 0 aliphatic heterocycles. The summed E-state index contributed by atoms with van der Waals surface area (Å²) in [4.78, 5) is 24.5. The summed E-state index contributed by atoms with van der Waals surface area (Å²) >= 11 is 5.86. The molecular weight excluding hydrogens is 464 g/mol. The van der Waals surface area contributed by atoms with Gasteiger partial charge in [-0.25, -0.2) is 10.1 Å².